The molecule has 2 aromatic carbocycles. The van der Waals surface area contributed by atoms with E-state index in [-0.39, 0.29) is 0 Å². The summed E-state index contributed by atoms with van der Waals surface area (Å²) in [5, 5.41) is 4.88. The van der Waals surface area contributed by atoms with Gasteiger partial charge in [-0.25, -0.2) is 0 Å². The van der Waals surface area contributed by atoms with Gasteiger partial charge in [-0.3, -0.25) is 4.90 Å². The Bertz CT molecular complexity index is 741. The number of piperidine rings is 1. The molecule has 0 radical (unpaired) electrons. The van der Waals surface area contributed by atoms with Crippen LogP contribution in [-0.2, 0) is 0 Å². The molecule has 1 N–H and O–H groups in total. The zero-order valence-corrected chi connectivity index (χ0v) is 17.2. The number of likely N-dealkylation sites (tertiary alicyclic amines) is 1. The Morgan fingerprint density at radius 2 is 1.56 bits per heavy atom. The second-order valence-electron chi connectivity index (χ2n) is 7.95. The molecule has 4 heteroatoms. The Balaban J connectivity index is 1.37. The topological polar surface area (TPSA) is 15.3 Å². The van der Waals surface area contributed by atoms with E-state index in [0.29, 0.717) is 28.0 Å². The lowest BCUT2D eigenvalue weighted by molar-refractivity contribution is 0.109. The fourth-order valence-corrected chi connectivity index (χ4v) is 5.13. The fourth-order valence-electron chi connectivity index (χ4n) is 4.83. The summed E-state index contributed by atoms with van der Waals surface area (Å²) in [5.74, 6) is 0.694. The molecular formula is C23H28Cl2N2. The summed E-state index contributed by atoms with van der Waals surface area (Å²) in [5.41, 5.74) is 2.60. The van der Waals surface area contributed by atoms with Crippen molar-refractivity contribution in [3.05, 3.63) is 64.1 Å². The van der Waals surface area contributed by atoms with Crippen LogP contribution in [0.4, 0.5) is 5.69 Å². The number of nitrogens with one attached hydrogen (secondary N) is 1. The number of hydrogen-bond donors (Lipinski definition) is 1. The lowest BCUT2D eigenvalue weighted by Gasteiger charge is -2.44. The van der Waals surface area contributed by atoms with Crippen LogP contribution in [0.15, 0.2) is 48.5 Å². The highest BCUT2D eigenvalue weighted by Crippen LogP contribution is 2.37. The van der Waals surface area contributed by atoms with Crippen molar-refractivity contribution >= 4 is 28.9 Å². The average Bonchev–Trinajstić information content (AvgIpc) is 2.72. The van der Waals surface area contributed by atoms with Gasteiger partial charge in [0.2, 0.25) is 0 Å². The highest BCUT2D eigenvalue weighted by molar-refractivity contribution is 6.42. The predicted octanol–water partition coefficient (Wildman–Crippen LogP) is 6.60. The maximum atomic E-state index is 6.15. The molecule has 2 nitrogen and oxygen atoms in total. The second kappa shape index (κ2) is 8.86. The maximum absolute atomic E-state index is 6.15. The van der Waals surface area contributed by atoms with Crippen molar-refractivity contribution in [2.24, 2.45) is 0 Å². The molecule has 1 aliphatic heterocycles. The van der Waals surface area contributed by atoms with Gasteiger partial charge in [0.15, 0.2) is 0 Å². The number of rotatable bonds is 4. The molecule has 2 atom stereocenters. The fraction of sp³-hybridized carbons (Fsp3) is 0.478. The summed E-state index contributed by atoms with van der Waals surface area (Å²) < 4.78 is 0. The van der Waals surface area contributed by atoms with Crippen molar-refractivity contribution in [2.45, 2.75) is 56.5 Å². The van der Waals surface area contributed by atoms with Crippen LogP contribution in [0.2, 0.25) is 10.0 Å². The molecule has 2 aliphatic rings. The van der Waals surface area contributed by atoms with Crippen molar-refractivity contribution in [2.75, 3.05) is 18.4 Å². The Morgan fingerprint density at radius 1 is 0.815 bits per heavy atom. The molecule has 0 aromatic heterocycles. The normalized spacial score (nSPS) is 24.7. The Kier molecular flexibility index (Phi) is 6.27. The van der Waals surface area contributed by atoms with E-state index >= 15 is 0 Å². The van der Waals surface area contributed by atoms with Crippen LogP contribution in [0.5, 0.6) is 0 Å². The highest BCUT2D eigenvalue weighted by Gasteiger charge is 2.33. The molecule has 0 unspecified atom stereocenters. The van der Waals surface area contributed by atoms with Gasteiger partial charge in [-0.2, -0.15) is 0 Å². The third kappa shape index (κ3) is 4.62. The molecule has 0 amide bonds. The first-order valence-electron chi connectivity index (χ1n) is 10.2. The quantitative estimate of drug-likeness (QED) is 0.619. The van der Waals surface area contributed by atoms with Gasteiger partial charge in [0.1, 0.15) is 0 Å². The van der Waals surface area contributed by atoms with Gasteiger partial charge in [0.05, 0.1) is 10.0 Å². The first-order chi connectivity index (χ1) is 13.2. The number of nitrogens with zero attached hydrogens (tertiary/aromatic N) is 1. The molecule has 2 aromatic rings. The van der Waals surface area contributed by atoms with Crippen LogP contribution < -0.4 is 5.32 Å². The SMILES string of the molecule is Clc1ccc(NC2CCN([C@@H]3CCCC[C@@H]3c3ccccc3)CC2)cc1Cl. The van der Waals surface area contributed by atoms with Crippen LogP contribution in [0.3, 0.4) is 0 Å². The minimum Gasteiger partial charge on any atom is -0.382 e. The van der Waals surface area contributed by atoms with E-state index in [2.05, 4.69) is 40.5 Å². The molecule has 2 fully saturated rings. The summed E-state index contributed by atoms with van der Waals surface area (Å²) in [6.45, 7) is 2.35. The molecule has 1 heterocycles. The largest absolute Gasteiger partial charge is 0.382 e. The minimum absolute atomic E-state index is 0.511. The summed E-state index contributed by atoms with van der Waals surface area (Å²) in [6, 6.07) is 18.2. The van der Waals surface area contributed by atoms with Gasteiger partial charge in [-0.15, -0.1) is 0 Å². The first-order valence-corrected chi connectivity index (χ1v) is 11.0. The van der Waals surface area contributed by atoms with Crippen LogP contribution in [0.25, 0.3) is 0 Å². The molecular weight excluding hydrogens is 375 g/mol. The van der Waals surface area contributed by atoms with E-state index in [0.717, 1.165) is 5.69 Å². The van der Waals surface area contributed by atoms with Crippen LogP contribution >= 0.6 is 23.2 Å². The number of benzene rings is 2. The van der Waals surface area contributed by atoms with E-state index in [4.69, 9.17) is 23.2 Å². The Hall–Kier alpha value is -1.22. The lowest BCUT2D eigenvalue weighted by atomic mass is 9.78. The molecule has 1 saturated heterocycles. The van der Waals surface area contributed by atoms with Gasteiger partial charge in [0.25, 0.3) is 0 Å². The van der Waals surface area contributed by atoms with Crippen LogP contribution in [0, 0.1) is 0 Å². The Morgan fingerprint density at radius 3 is 2.30 bits per heavy atom. The summed E-state index contributed by atoms with van der Waals surface area (Å²) in [4.78, 5) is 2.75. The molecule has 1 saturated carbocycles. The van der Waals surface area contributed by atoms with Gasteiger partial charge in [-0.05, 0) is 55.4 Å². The van der Waals surface area contributed by atoms with Gasteiger partial charge < -0.3 is 5.32 Å². The minimum atomic E-state index is 0.511. The monoisotopic (exact) mass is 402 g/mol. The van der Waals surface area contributed by atoms with E-state index in [9.17, 15) is 0 Å². The van der Waals surface area contributed by atoms with E-state index in [1.807, 2.05) is 18.2 Å². The third-order valence-electron chi connectivity index (χ3n) is 6.25. The van der Waals surface area contributed by atoms with Crippen molar-refractivity contribution in [1.82, 2.24) is 4.90 Å². The van der Waals surface area contributed by atoms with E-state index in [1.165, 1.54) is 57.2 Å². The van der Waals surface area contributed by atoms with E-state index < -0.39 is 0 Å². The third-order valence-corrected chi connectivity index (χ3v) is 6.99. The average molecular weight is 403 g/mol. The maximum Gasteiger partial charge on any atom is 0.0612 e. The summed E-state index contributed by atoms with van der Waals surface area (Å²) in [6.07, 6.45) is 7.76. The number of anilines is 1. The van der Waals surface area contributed by atoms with E-state index in [1.54, 1.807) is 0 Å². The van der Waals surface area contributed by atoms with Gasteiger partial charge in [0, 0.05) is 30.9 Å². The Labute approximate surface area is 172 Å². The molecule has 27 heavy (non-hydrogen) atoms. The predicted molar refractivity (Wildman–Crippen MR) is 116 cm³/mol. The van der Waals surface area contributed by atoms with Crippen LogP contribution in [0.1, 0.15) is 50.0 Å². The molecule has 4 rings (SSSR count). The smallest absolute Gasteiger partial charge is 0.0612 e. The summed E-state index contributed by atoms with van der Waals surface area (Å²) in [7, 11) is 0. The molecule has 144 valence electrons. The van der Waals surface area contributed by atoms with Crippen molar-refractivity contribution in [3.8, 4) is 0 Å². The summed E-state index contributed by atoms with van der Waals surface area (Å²) >= 11 is 12.2. The zero-order valence-electron chi connectivity index (χ0n) is 15.7. The highest BCUT2D eigenvalue weighted by atomic mass is 35.5. The molecule has 0 bridgehead atoms. The van der Waals surface area contributed by atoms with Crippen molar-refractivity contribution < 1.29 is 0 Å². The van der Waals surface area contributed by atoms with Gasteiger partial charge >= 0.3 is 0 Å². The van der Waals surface area contributed by atoms with Crippen molar-refractivity contribution in [3.63, 3.8) is 0 Å². The standard InChI is InChI=1S/C23H28Cl2N2/c24-21-11-10-19(16-22(21)25)26-18-12-14-27(15-13-18)23-9-5-4-8-20(23)17-6-2-1-3-7-17/h1-3,6-7,10-11,16,18,20,23,26H,4-5,8-9,12-15H2/t20-,23-/m1/s1. The lowest BCUT2D eigenvalue weighted by Crippen LogP contribution is -2.47. The first kappa shape index (κ1) is 19.1. The zero-order chi connectivity index (χ0) is 18.6. The van der Waals surface area contributed by atoms with Crippen molar-refractivity contribution in [1.29, 1.82) is 0 Å². The molecule has 0 spiro atoms. The second-order valence-corrected chi connectivity index (χ2v) is 8.77. The molecule has 1 aliphatic carbocycles. The number of hydrogen-bond acceptors (Lipinski definition) is 2. The van der Waals surface area contributed by atoms with Crippen LogP contribution in [-0.4, -0.2) is 30.1 Å². The number of halogens is 2. The van der Waals surface area contributed by atoms with Gasteiger partial charge in [-0.1, -0.05) is 66.4 Å².